The summed E-state index contributed by atoms with van der Waals surface area (Å²) in [6.45, 7) is 22.1. The molecule has 1 N–H and O–H groups in total. The van der Waals surface area contributed by atoms with E-state index in [1.807, 2.05) is 36.7 Å². The van der Waals surface area contributed by atoms with Crippen molar-refractivity contribution in [2.45, 2.75) is 138 Å². The first kappa shape index (κ1) is 45.6. The predicted molar refractivity (Wildman–Crippen MR) is 223 cm³/mol. The van der Waals surface area contributed by atoms with E-state index in [4.69, 9.17) is 14.2 Å². The maximum atomic E-state index is 12.6. The first-order valence-corrected chi connectivity index (χ1v) is 20.4. The maximum absolute atomic E-state index is 12.6. The third kappa shape index (κ3) is 15.0. The van der Waals surface area contributed by atoms with Crippen molar-refractivity contribution >= 4 is 61.5 Å². The van der Waals surface area contributed by atoms with Crippen molar-refractivity contribution in [3.05, 3.63) is 58.5 Å². The van der Waals surface area contributed by atoms with Crippen LogP contribution in [0.15, 0.2) is 47.4 Å². The second-order valence-electron chi connectivity index (χ2n) is 17.2. The highest BCUT2D eigenvalue weighted by Gasteiger charge is 2.34. The number of thiazole rings is 2. The van der Waals surface area contributed by atoms with E-state index >= 15 is 0 Å². The van der Waals surface area contributed by atoms with E-state index in [9.17, 15) is 14.4 Å². The molecule has 13 heteroatoms. The molecule has 0 aliphatic carbocycles. The molecule has 2 aromatic carbocycles. The molecule has 304 valence electrons. The van der Waals surface area contributed by atoms with Gasteiger partial charge >= 0.3 is 18.4 Å². The number of rotatable bonds is 2. The van der Waals surface area contributed by atoms with Crippen LogP contribution in [0.5, 0.6) is 0 Å². The Labute approximate surface area is 335 Å². The minimum Gasteiger partial charge on any atom is -0.444 e. The molecule has 0 bridgehead atoms. The number of amides is 1. The van der Waals surface area contributed by atoms with Crippen LogP contribution in [0.2, 0.25) is 0 Å². The van der Waals surface area contributed by atoms with E-state index in [1.54, 1.807) is 64.2 Å². The van der Waals surface area contributed by atoms with Crippen molar-refractivity contribution < 1.29 is 33.3 Å². The topological polar surface area (TPSA) is 129 Å². The standard InChI is InChI=1S/C18H24N2O2S.C13H16N2S.C10H18O5.CH4/c1-12-5-7-15(20(10-12)17(21)22-18(2,3)4)13-6-8-16-14(9-13)19-11-23-16;1-9-2-4-11(14-7-9)10-3-5-13-12(6-10)15-8-16-13;1-9(2,3)14-7(11)13-8(12)15-10(4,5)6;/h6,8-9,11-12,15H,5,7,10H2,1-4H3;3,5-6,8-9,11,14H,2,4,7H2,1H3;1-6H3;1H4/t12-,15+;9-,11+;;/m00../s1. The molecule has 0 spiro atoms. The summed E-state index contributed by atoms with van der Waals surface area (Å²) in [5.74, 6) is 1.32. The van der Waals surface area contributed by atoms with Crippen molar-refractivity contribution in [3.8, 4) is 0 Å². The zero-order valence-corrected chi connectivity index (χ0v) is 35.3. The van der Waals surface area contributed by atoms with Gasteiger partial charge in [-0.15, -0.1) is 22.7 Å². The Morgan fingerprint density at radius 3 is 1.67 bits per heavy atom. The minimum atomic E-state index is -1.06. The second kappa shape index (κ2) is 19.4. The summed E-state index contributed by atoms with van der Waals surface area (Å²) in [6.07, 6.45) is 2.33. The smallest absolute Gasteiger partial charge is 0.444 e. The molecule has 2 fully saturated rings. The number of benzene rings is 2. The molecule has 55 heavy (non-hydrogen) atoms. The lowest BCUT2D eigenvalue weighted by atomic mass is 9.90. The summed E-state index contributed by atoms with van der Waals surface area (Å²) in [6, 6.07) is 13.6. The largest absolute Gasteiger partial charge is 0.519 e. The predicted octanol–water partition coefficient (Wildman–Crippen LogP) is 11.9. The lowest BCUT2D eigenvalue weighted by molar-refractivity contribution is -0.0294. The maximum Gasteiger partial charge on any atom is 0.519 e. The molecule has 11 nitrogen and oxygen atoms in total. The Morgan fingerprint density at radius 2 is 1.18 bits per heavy atom. The Morgan fingerprint density at radius 1 is 0.691 bits per heavy atom. The summed E-state index contributed by atoms with van der Waals surface area (Å²) in [5, 5.41) is 3.62. The monoisotopic (exact) mass is 798 g/mol. The summed E-state index contributed by atoms with van der Waals surface area (Å²) in [5.41, 5.74) is 6.62. The highest BCUT2D eigenvalue weighted by molar-refractivity contribution is 7.17. The number of carbonyl (C=O) groups excluding carboxylic acids is 3. The Hall–Kier alpha value is -3.81. The van der Waals surface area contributed by atoms with Gasteiger partial charge in [0.15, 0.2) is 0 Å². The minimum absolute atomic E-state index is 0. The van der Waals surface area contributed by atoms with Crippen LogP contribution in [0.25, 0.3) is 20.4 Å². The number of aromatic nitrogens is 2. The van der Waals surface area contributed by atoms with E-state index in [-0.39, 0.29) is 19.6 Å². The average Bonchev–Trinajstić information content (AvgIpc) is 3.72. The van der Waals surface area contributed by atoms with Gasteiger partial charge in [0.25, 0.3) is 0 Å². The molecule has 2 saturated heterocycles. The lowest BCUT2D eigenvalue weighted by Gasteiger charge is -2.39. The van der Waals surface area contributed by atoms with Crippen molar-refractivity contribution in [2.75, 3.05) is 13.1 Å². The van der Waals surface area contributed by atoms with Gasteiger partial charge in [-0.25, -0.2) is 24.4 Å². The van der Waals surface area contributed by atoms with E-state index in [2.05, 4.69) is 70.3 Å². The van der Waals surface area contributed by atoms with Gasteiger partial charge in [-0.2, -0.15) is 0 Å². The Balaban J connectivity index is 0.000000227. The summed E-state index contributed by atoms with van der Waals surface area (Å²) >= 11 is 3.35. The summed E-state index contributed by atoms with van der Waals surface area (Å²) < 4.78 is 21.9. The molecule has 2 aliphatic heterocycles. The molecular formula is C42H62N4O7S2. The van der Waals surface area contributed by atoms with Crippen molar-refractivity contribution in [1.29, 1.82) is 0 Å². The van der Waals surface area contributed by atoms with Gasteiger partial charge in [-0.3, -0.25) is 0 Å². The molecule has 0 radical (unpaired) electrons. The number of hydrogen-bond acceptors (Lipinski definition) is 12. The number of piperidine rings is 2. The molecule has 4 aromatic rings. The van der Waals surface area contributed by atoms with Crippen LogP contribution in [0.3, 0.4) is 0 Å². The van der Waals surface area contributed by atoms with Gasteiger partial charge in [-0.1, -0.05) is 33.4 Å². The molecule has 0 saturated carbocycles. The van der Waals surface area contributed by atoms with Gasteiger partial charge in [0.05, 0.1) is 37.5 Å². The molecule has 6 rings (SSSR count). The fraction of sp³-hybridized carbons (Fsp3) is 0.595. The average molecular weight is 799 g/mol. The van der Waals surface area contributed by atoms with Crippen LogP contribution in [-0.2, 0) is 18.9 Å². The Bertz CT molecular complexity index is 1820. The molecule has 4 heterocycles. The van der Waals surface area contributed by atoms with Crippen LogP contribution < -0.4 is 5.32 Å². The first-order chi connectivity index (χ1) is 25.2. The van der Waals surface area contributed by atoms with E-state index in [0.717, 1.165) is 48.4 Å². The molecule has 4 atom stereocenters. The number of carbonyl (C=O) groups is 3. The number of likely N-dealkylation sites (tertiary alicyclic amines) is 1. The zero-order valence-electron chi connectivity index (χ0n) is 33.7. The SMILES string of the molecule is C.CC(C)(C)OC(=O)OC(=O)OC(C)(C)C.C[C@H]1CC[C@H](c2ccc3scnc3c2)N(C(=O)OC(C)(C)C)C1.C[C@H]1CC[C@H](c2ccc3scnc3c2)NC1. The van der Waals surface area contributed by atoms with Gasteiger partial charge in [0.1, 0.15) is 16.8 Å². The van der Waals surface area contributed by atoms with Gasteiger partial charge in [-0.05, 0) is 142 Å². The number of nitrogens with zero attached hydrogens (tertiary/aromatic N) is 3. The number of fused-ring (bicyclic) bond motifs is 2. The van der Waals surface area contributed by atoms with Crippen molar-refractivity contribution in [1.82, 2.24) is 20.2 Å². The van der Waals surface area contributed by atoms with Crippen molar-refractivity contribution in [2.24, 2.45) is 11.8 Å². The number of hydrogen-bond donors (Lipinski definition) is 1. The van der Waals surface area contributed by atoms with Crippen LogP contribution in [-0.4, -0.2) is 63.2 Å². The van der Waals surface area contributed by atoms with Gasteiger partial charge in [0.2, 0.25) is 0 Å². The molecular weight excluding hydrogens is 737 g/mol. The van der Waals surface area contributed by atoms with Crippen molar-refractivity contribution in [3.63, 3.8) is 0 Å². The quantitative estimate of drug-likeness (QED) is 0.119. The van der Waals surface area contributed by atoms with Gasteiger partial charge in [0, 0.05) is 12.6 Å². The third-order valence-electron chi connectivity index (χ3n) is 8.55. The highest BCUT2D eigenvalue weighted by atomic mass is 32.1. The molecule has 2 aliphatic rings. The van der Waals surface area contributed by atoms with E-state index in [1.165, 1.54) is 27.8 Å². The fourth-order valence-electron chi connectivity index (χ4n) is 6.09. The highest BCUT2D eigenvalue weighted by Crippen LogP contribution is 2.36. The van der Waals surface area contributed by atoms with Crippen LogP contribution in [0.1, 0.15) is 132 Å². The first-order valence-electron chi connectivity index (χ1n) is 18.7. The van der Waals surface area contributed by atoms with Gasteiger partial charge < -0.3 is 29.2 Å². The van der Waals surface area contributed by atoms with Crippen LogP contribution >= 0.6 is 22.7 Å². The lowest BCUT2D eigenvalue weighted by Crippen LogP contribution is -2.44. The number of nitrogens with one attached hydrogen (secondary N) is 1. The normalized spacial score (nSPS) is 20.2. The summed E-state index contributed by atoms with van der Waals surface area (Å²) in [7, 11) is 0. The molecule has 0 unspecified atom stereocenters. The molecule has 1 amide bonds. The van der Waals surface area contributed by atoms with Crippen LogP contribution in [0, 0.1) is 11.8 Å². The fourth-order valence-corrected chi connectivity index (χ4v) is 7.41. The third-order valence-corrected chi connectivity index (χ3v) is 10.2. The zero-order chi connectivity index (χ0) is 39.8. The molecule has 2 aromatic heterocycles. The van der Waals surface area contributed by atoms with Crippen LogP contribution in [0.4, 0.5) is 14.4 Å². The van der Waals surface area contributed by atoms with E-state index in [0.29, 0.717) is 12.0 Å². The van der Waals surface area contributed by atoms with E-state index < -0.39 is 29.1 Å². The Kier molecular flexibility index (Phi) is 16.0. The number of ether oxygens (including phenoxy) is 4. The second-order valence-corrected chi connectivity index (χ2v) is 18.9. The summed E-state index contributed by atoms with van der Waals surface area (Å²) in [4.78, 5) is 45.3.